The predicted octanol–water partition coefficient (Wildman–Crippen LogP) is 2.21. The molecule has 2 aliphatic rings. The molecule has 0 atom stereocenters. The third-order valence-electron chi connectivity index (χ3n) is 5.20. The minimum Gasteiger partial charge on any atom is -0.396 e. The first-order valence-electron chi connectivity index (χ1n) is 7.71. The molecule has 0 radical (unpaired) electrons. The van der Waals surface area contributed by atoms with Crippen molar-refractivity contribution in [3.05, 3.63) is 0 Å². The van der Waals surface area contributed by atoms with E-state index in [0.717, 1.165) is 32.2 Å². The summed E-state index contributed by atoms with van der Waals surface area (Å²) in [5.74, 6) is 0. The molecular formula is C15H29NO2. The Morgan fingerprint density at radius 1 is 0.722 bits per heavy atom. The summed E-state index contributed by atoms with van der Waals surface area (Å²) in [5.41, 5.74) is 0.0235. The normalized spacial score (nSPS) is 27.0. The SMILES string of the molecule is OCC1(CNC2(CO)CCCCC2)CCCCC1. The molecule has 2 aliphatic carbocycles. The van der Waals surface area contributed by atoms with Gasteiger partial charge in [0.15, 0.2) is 0 Å². The van der Waals surface area contributed by atoms with Gasteiger partial charge in [0.1, 0.15) is 0 Å². The molecule has 0 unspecified atom stereocenters. The summed E-state index contributed by atoms with van der Waals surface area (Å²) in [4.78, 5) is 0. The zero-order chi connectivity index (χ0) is 12.9. The van der Waals surface area contributed by atoms with Crippen LogP contribution < -0.4 is 5.32 Å². The Morgan fingerprint density at radius 2 is 1.28 bits per heavy atom. The minimum absolute atomic E-state index is 0.0577. The van der Waals surface area contributed by atoms with Crippen molar-refractivity contribution in [2.75, 3.05) is 19.8 Å². The van der Waals surface area contributed by atoms with E-state index in [2.05, 4.69) is 5.32 Å². The van der Waals surface area contributed by atoms with Crippen LogP contribution in [0.15, 0.2) is 0 Å². The van der Waals surface area contributed by atoms with Gasteiger partial charge in [-0.1, -0.05) is 38.5 Å². The van der Waals surface area contributed by atoms with Gasteiger partial charge >= 0.3 is 0 Å². The molecule has 106 valence electrons. The third-order valence-corrected chi connectivity index (χ3v) is 5.20. The van der Waals surface area contributed by atoms with Crippen molar-refractivity contribution in [3.63, 3.8) is 0 Å². The van der Waals surface area contributed by atoms with Gasteiger partial charge in [0.25, 0.3) is 0 Å². The lowest BCUT2D eigenvalue weighted by molar-refractivity contribution is 0.0510. The predicted molar refractivity (Wildman–Crippen MR) is 73.5 cm³/mol. The fraction of sp³-hybridized carbons (Fsp3) is 1.00. The highest BCUT2D eigenvalue weighted by Gasteiger charge is 2.36. The van der Waals surface area contributed by atoms with E-state index < -0.39 is 0 Å². The summed E-state index contributed by atoms with van der Waals surface area (Å²) in [6.45, 7) is 1.42. The van der Waals surface area contributed by atoms with Crippen molar-refractivity contribution in [1.29, 1.82) is 0 Å². The Balaban J connectivity index is 1.91. The van der Waals surface area contributed by atoms with Gasteiger partial charge in [0, 0.05) is 24.1 Å². The van der Waals surface area contributed by atoms with Gasteiger partial charge in [-0.25, -0.2) is 0 Å². The molecule has 2 saturated carbocycles. The molecule has 3 N–H and O–H groups in total. The number of aliphatic hydroxyl groups is 2. The van der Waals surface area contributed by atoms with Crippen LogP contribution in [0.2, 0.25) is 0 Å². The average Bonchev–Trinajstić information content (AvgIpc) is 2.47. The second kappa shape index (κ2) is 6.36. The maximum atomic E-state index is 9.73. The van der Waals surface area contributed by atoms with Crippen LogP contribution in [0.1, 0.15) is 64.2 Å². The quantitative estimate of drug-likeness (QED) is 0.706. The third kappa shape index (κ3) is 3.25. The van der Waals surface area contributed by atoms with Crippen LogP contribution in [-0.2, 0) is 0 Å². The highest BCUT2D eigenvalue weighted by molar-refractivity contribution is 4.94. The van der Waals surface area contributed by atoms with Gasteiger partial charge < -0.3 is 15.5 Å². The van der Waals surface area contributed by atoms with Crippen molar-refractivity contribution in [3.8, 4) is 0 Å². The van der Waals surface area contributed by atoms with Crippen LogP contribution in [0.4, 0.5) is 0 Å². The van der Waals surface area contributed by atoms with Crippen LogP contribution >= 0.6 is 0 Å². The number of hydrogen-bond acceptors (Lipinski definition) is 3. The first-order valence-corrected chi connectivity index (χ1v) is 7.71. The van der Waals surface area contributed by atoms with Gasteiger partial charge in [-0.2, -0.15) is 0 Å². The maximum Gasteiger partial charge on any atom is 0.0613 e. The Morgan fingerprint density at radius 3 is 1.78 bits per heavy atom. The van der Waals surface area contributed by atoms with Crippen molar-refractivity contribution in [2.45, 2.75) is 69.7 Å². The summed E-state index contributed by atoms with van der Waals surface area (Å²) in [6, 6.07) is 0. The Bertz CT molecular complexity index is 217. The zero-order valence-electron chi connectivity index (χ0n) is 11.6. The molecule has 0 aromatic rings. The topological polar surface area (TPSA) is 52.5 Å². The second-order valence-corrected chi connectivity index (χ2v) is 6.57. The molecule has 0 aromatic heterocycles. The molecule has 0 spiro atoms. The average molecular weight is 255 g/mol. The van der Waals surface area contributed by atoms with Crippen LogP contribution in [0, 0.1) is 5.41 Å². The summed E-state index contributed by atoms with van der Waals surface area (Å²) in [5, 5.41) is 23.1. The molecule has 0 bridgehead atoms. The summed E-state index contributed by atoms with van der Waals surface area (Å²) in [6.07, 6.45) is 12.0. The van der Waals surface area contributed by atoms with Crippen molar-refractivity contribution in [2.24, 2.45) is 5.41 Å². The standard InChI is InChI=1S/C15H29NO2/c17-12-14(7-3-1-4-8-14)11-16-15(13-18)9-5-2-6-10-15/h16-18H,1-13H2. The number of aliphatic hydroxyl groups excluding tert-OH is 2. The van der Waals surface area contributed by atoms with Crippen LogP contribution in [0.5, 0.6) is 0 Å². The Labute approximate surface area is 111 Å². The summed E-state index contributed by atoms with van der Waals surface area (Å²) >= 11 is 0. The van der Waals surface area contributed by atoms with E-state index in [1.807, 2.05) is 0 Å². The molecule has 3 heteroatoms. The van der Waals surface area contributed by atoms with E-state index >= 15 is 0 Å². The Kier molecular flexibility index (Phi) is 5.05. The van der Waals surface area contributed by atoms with Crippen LogP contribution in [0.3, 0.4) is 0 Å². The van der Waals surface area contributed by atoms with Gasteiger partial charge in [-0.05, 0) is 25.7 Å². The molecule has 0 aromatic carbocycles. The molecule has 3 nitrogen and oxygen atoms in total. The van der Waals surface area contributed by atoms with E-state index in [9.17, 15) is 10.2 Å². The van der Waals surface area contributed by atoms with Gasteiger partial charge in [0.05, 0.1) is 6.61 Å². The van der Waals surface area contributed by atoms with Gasteiger partial charge in [-0.3, -0.25) is 0 Å². The molecule has 2 rings (SSSR count). The zero-order valence-corrected chi connectivity index (χ0v) is 11.6. The molecule has 2 fully saturated rings. The monoisotopic (exact) mass is 255 g/mol. The molecule has 0 amide bonds. The lowest BCUT2D eigenvalue weighted by atomic mass is 9.73. The first-order chi connectivity index (χ1) is 8.74. The van der Waals surface area contributed by atoms with Gasteiger partial charge in [0.2, 0.25) is 0 Å². The van der Waals surface area contributed by atoms with Crippen molar-refractivity contribution >= 4 is 0 Å². The van der Waals surface area contributed by atoms with Crippen LogP contribution in [-0.4, -0.2) is 35.5 Å². The summed E-state index contributed by atoms with van der Waals surface area (Å²) in [7, 11) is 0. The molecular weight excluding hydrogens is 226 g/mol. The van der Waals surface area contributed by atoms with E-state index in [1.54, 1.807) is 0 Å². The molecule has 0 saturated heterocycles. The van der Waals surface area contributed by atoms with E-state index in [4.69, 9.17) is 0 Å². The highest BCUT2D eigenvalue weighted by Crippen LogP contribution is 2.37. The second-order valence-electron chi connectivity index (χ2n) is 6.57. The van der Waals surface area contributed by atoms with E-state index in [0.29, 0.717) is 6.61 Å². The van der Waals surface area contributed by atoms with Crippen molar-refractivity contribution in [1.82, 2.24) is 5.32 Å². The lowest BCUT2D eigenvalue weighted by Crippen LogP contribution is -2.54. The molecule has 0 heterocycles. The lowest BCUT2D eigenvalue weighted by Gasteiger charge is -2.42. The largest absolute Gasteiger partial charge is 0.396 e. The minimum atomic E-state index is -0.0577. The number of hydrogen-bond donors (Lipinski definition) is 3. The molecule has 0 aliphatic heterocycles. The molecule has 18 heavy (non-hydrogen) atoms. The summed E-state index contributed by atoms with van der Waals surface area (Å²) < 4.78 is 0. The van der Waals surface area contributed by atoms with E-state index in [-0.39, 0.29) is 17.6 Å². The fourth-order valence-corrected chi connectivity index (χ4v) is 3.69. The Hall–Kier alpha value is -0.120. The van der Waals surface area contributed by atoms with Crippen LogP contribution in [0.25, 0.3) is 0 Å². The van der Waals surface area contributed by atoms with E-state index in [1.165, 1.54) is 38.5 Å². The van der Waals surface area contributed by atoms with Crippen molar-refractivity contribution < 1.29 is 10.2 Å². The number of nitrogens with one attached hydrogen (secondary N) is 1. The smallest absolute Gasteiger partial charge is 0.0613 e. The fourth-order valence-electron chi connectivity index (χ4n) is 3.69. The highest BCUT2D eigenvalue weighted by atomic mass is 16.3. The van der Waals surface area contributed by atoms with Gasteiger partial charge in [-0.15, -0.1) is 0 Å². The first kappa shape index (κ1) is 14.3. The number of rotatable bonds is 5. The maximum absolute atomic E-state index is 9.73.